The minimum Gasteiger partial charge on any atom is -0.399 e. The van der Waals surface area contributed by atoms with E-state index in [0.717, 1.165) is 15.0 Å². The summed E-state index contributed by atoms with van der Waals surface area (Å²) in [6.45, 7) is 0.635. The lowest BCUT2D eigenvalue weighted by atomic mass is 10.2. The van der Waals surface area contributed by atoms with Crippen molar-refractivity contribution in [2.45, 2.75) is 6.04 Å². The van der Waals surface area contributed by atoms with E-state index in [0.29, 0.717) is 12.2 Å². The Kier molecular flexibility index (Phi) is 3.20. The average molecular weight is 338 g/mol. The van der Waals surface area contributed by atoms with Crippen LogP contribution in [-0.2, 0) is 0 Å². The number of thiophene rings is 1. The summed E-state index contributed by atoms with van der Waals surface area (Å²) in [4.78, 5) is 14.9. The van der Waals surface area contributed by atoms with Gasteiger partial charge in [0.15, 0.2) is 0 Å². The van der Waals surface area contributed by atoms with Gasteiger partial charge >= 0.3 is 6.03 Å². The van der Waals surface area contributed by atoms with Crippen molar-refractivity contribution in [2.24, 2.45) is 0 Å². The predicted octanol–water partition coefficient (Wildman–Crippen LogP) is 3.36. The molecule has 19 heavy (non-hydrogen) atoms. The van der Waals surface area contributed by atoms with Gasteiger partial charge < -0.3 is 11.1 Å². The first-order valence-corrected chi connectivity index (χ1v) is 7.48. The number of nitrogens with zero attached hydrogens (tertiary/aromatic N) is 1. The fraction of sp³-hybridized carbons (Fsp3) is 0.154. The molecule has 1 fully saturated rings. The third-order valence-electron chi connectivity index (χ3n) is 3.04. The molecule has 0 spiro atoms. The summed E-state index contributed by atoms with van der Waals surface area (Å²) in [5, 5.41) is 5.01. The number of carbonyl (C=O) groups excluding carboxylic acids is 1. The van der Waals surface area contributed by atoms with Gasteiger partial charge in [0, 0.05) is 26.1 Å². The number of nitrogens with one attached hydrogen (secondary N) is 1. The van der Waals surface area contributed by atoms with E-state index in [-0.39, 0.29) is 12.1 Å². The number of benzene rings is 1. The molecule has 6 heteroatoms. The third-order valence-corrected chi connectivity index (χ3v) is 4.85. The van der Waals surface area contributed by atoms with Crippen LogP contribution in [0.15, 0.2) is 40.2 Å². The summed E-state index contributed by atoms with van der Waals surface area (Å²) in [5.74, 6) is 0. The molecule has 4 nitrogen and oxygen atoms in total. The molecule has 0 saturated carbocycles. The number of rotatable bonds is 2. The Balaban J connectivity index is 1.82. The largest absolute Gasteiger partial charge is 0.399 e. The van der Waals surface area contributed by atoms with Crippen molar-refractivity contribution < 1.29 is 4.79 Å². The van der Waals surface area contributed by atoms with Crippen LogP contribution in [0, 0.1) is 0 Å². The van der Waals surface area contributed by atoms with Crippen molar-refractivity contribution >= 4 is 44.7 Å². The van der Waals surface area contributed by atoms with Crippen LogP contribution in [-0.4, -0.2) is 12.6 Å². The Morgan fingerprint density at radius 1 is 1.37 bits per heavy atom. The first kappa shape index (κ1) is 12.5. The number of hydrogen-bond donors (Lipinski definition) is 2. The van der Waals surface area contributed by atoms with Crippen LogP contribution < -0.4 is 16.0 Å². The second kappa shape index (κ2) is 4.86. The van der Waals surface area contributed by atoms with Gasteiger partial charge in [-0.05, 0) is 46.3 Å². The van der Waals surface area contributed by atoms with E-state index in [9.17, 15) is 4.79 Å². The lowest BCUT2D eigenvalue weighted by Crippen LogP contribution is -2.27. The van der Waals surface area contributed by atoms with E-state index in [1.807, 2.05) is 23.6 Å². The number of carbonyl (C=O) groups is 1. The second-order valence-corrected chi connectivity index (χ2v) is 6.23. The normalized spacial score (nSPS) is 18.7. The van der Waals surface area contributed by atoms with Crippen molar-refractivity contribution in [3.8, 4) is 0 Å². The van der Waals surface area contributed by atoms with Gasteiger partial charge in [0.25, 0.3) is 0 Å². The predicted molar refractivity (Wildman–Crippen MR) is 81.5 cm³/mol. The number of hydrogen-bond acceptors (Lipinski definition) is 3. The molecule has 1 aliphatic heterocycles. The highest BCUT2D eigenvalue weighted by Gasteiger charge is 2.31. The molecule has 2 amide bonds. The average Bonchev–Trinajstić information content (AvgIpc) is 2.97. The highest BCUT2D eigenvalue weighted by atomic mass is 79.9. The molecule has 1 saturated heterocycles. The number of nitrogens with two attached hydrogens (primary N) is 1. The lowest BCUT2D eigenvalue weighted by molar-refractivity contribution is 0.251. The fourth-order valence-electron chi connectivity index (χ4n) is 2.09. The molecule has 3 N–H and O–H groups in total. The van der Waals surface area contributed by atoms with Crippen molar-refractivity contribution in [1.82, 2.24) is 5.32 Å². The Hall–Kier alpha value is -1.53. The molecule has 98 valence electrons. The molecule has 2 heterocycles. The van der Waals surface area contributed by atoms with Crippen LogP contribution >= 0.6 is 27.3 Å². The van der Waals surface area contributed by atoms with E-state index in [1.165, 1.54) is 0 Å². The van der Waals surface area contributed by atoms with Crippen LogP contribution in [0.3, 0.4) is 0 Å². The maximum absolute atomic E-state index is 12.0. The molecule has 1 aliphatic rings. The Morgan fingerprint density at radius 3 is 2.74 bits per heavy atom. The maximum atomic E-state index is 12.0. The minimum atomic E-state index is -0.0701. The molecule has 0 bridgehead atoms. The van der Waals surface area contributed by atoms with Crippen molar-refractivity contribution in [2.75, 3.05) is 17.2 Å². The van der Waals surface area contributed by atoms with Gasteiger partial charge in [-0.1, -0.05) is 0 Å². The quantitative estimate of drug-likeness (QED) is 0.825. The van der Waals surface area contributed by atoms with Gasteiger partial charge in [-0.15, -0.1) is 11.3 Å². The highest BCUT2D eigenvalue weighted by molar-refractivity contribution is 9.10. The Morgan fingerprint density at radius 2 is 2.11 bits per heavy atom. The summed E-state index contributed by atoms with van der Waals surface area (Å²) in [7, 11) is 0. The van der Waals surface area contributed by atoms with Crippen molar-refractivity contribution in [3.05, 3.63) is 45.1 Å². The van der Waals surface area contributed by atoms with E-state index in [4.69, 9.17) is 5.73 Å². The molecule has 1 aromatic heterocycles. The van der Waals surface area contributed by atoms with Gasteiger partial charge in [-0.3, -0.25) is 4.90 Å². The Bertz CT molecular complexity index is 611. The number of halogens is 1. The monoisotopic (exact) mass is 337 g/mol. The number of urea groups is 1. The molecule has 1 atom stereocenters. The summed E-state index contributed by atoms with van der Waals surface area (Å²) < 4.78 is 1.05. The highest BCUT2D eigenvalue weighted by Crippen LogP contribution is 2.31. The number of nitrogen functional groups attached to an aromatic ring is 1. The Labute approximate surface area is 123 Å². The fourth-order valence-corrected chi connectivity index (χ4v) is 3.58. The van der Waals surface area contributed by atoms with Crippen LogP contribution in [0.5, 0.6) is 0 Å². The van der Waals surface area contributed by atoms with Gasteiger partial charge in [0.2, 0.25) is 0 Å². The zero-order chi connectivity index (χ0) is 13.4. The SMILES string of the molecule is Nc1ccc(N2CC(c3cc(Br)cs3)NC2=O)cc1. The molecule has 1 unspecified atom stereocenters. The topological polar surface area (TPSA) is 58.4 Å². The zero-order valence-electron chi connectivity index (χ0n) is 9.97. The third kappa shape index (κ3) is 2.46. The van der Waals surface area contributed by atoms with Gasteiger partial charge in [-0.2, -0.15) is 0 Å². The van der Waals surface area contributed by atoms with Crippen molar-refractivity contribution in [1.29, 1.82) is 0 Å². The molecule has 1 aromatic carbocycles. The smallest absolute Gasteiger partial charge is 0.322 e. The first-order valence-electron chi connectivity index (χ1n) is 5.81. The van der Waals surface area contributed by atoms with Gasteiger partial charge in [0.1, 0.15) is 0 Å². The van der Waals surface area contributed by atoms with E-state index in [2.05, 4.69) is 21.2 Å². The molecule has 2 aromatic rings. The maximum Gasteiger partial charge on any atom is 0.322 e. The van der Waals surface area contributed by atoms with Gasteiger partial charge in [0.05, 0.1) is 12.6 Å². The van der Waals surface area contributed by atoms with Crippen molar-refractivity contribution in [3.63, 3.8) is 0 Å². The number of amides is 2. The molecular formula is C13H12BrN3OS. The van der Waals surface area contributed by atoms with Crippen LogP contribution in [0.1, 0.15) is 10.9 Å². The minimum absolute atomic E-state index is 0.0429. The van der Waals surface area contributed by atoms with Crippen LogP contribution in [0.2, 0.25) is 0 Å². The van der Waals surface area contributed by atoms with E-state index >= 15 is 0 Å². The molecular weight excluding hydrogens is 326 g/mol. The summed E-state index contributed by atoms with van der Waals surface area (Å²) >= 11 is 5.07. The van der Waals surface area contributed by atoms with Gasteiger partial charge in [-0.25, -0.2) is 4.79 Å². The standard InChI is InChI=1S/C13H12BrN3OS/c14-8-5-12(19-7-8)11-6-17(13(18)16-11)10-3-1-9(15)2-4-10/h1-5,7,11H,6,15H2,(H,16,18). The zero-order valence-corrected chi connectivity index (χ0v) is 12.4. The van der Waals surface area contributed by atoms with Crippen LogP contribution in [0.4, 0.5) is 16.2 Å². The molecule has 0 radical (unpaired) electrons. The number of anilines is 2. The summed E-state index contributed by atoms with van der Waals surface area (Å²) in [6.07, 6.45) is 0. The lowest BCUT2D eigenvalue weighted by Gasteiger charge is -2.14. The van der Waals surface area contributed by atoms with E-state index in [1.54, 1.807) is 28.4 Å². The molecule has 0 aliphatic carbocycles. The summed E-state index contributed by atoms with van der Waals surface area (Å²) in [6, 6.07) is 9.35. The first-order chi connectivity index (χ1) is 9.13. The van der Waals surface area contributed by atoms with Crippen LogP contribution in [0.25, 0.3) is 0 Å². The van der Waals surface area contributed by atoms with E-state index < -0.39 is 0 Å². The summed E-state index contributed by atoms with van der Waals surface area (Å²) in [5.41, 5.74) is 7.22. The second-order valence-electron chi connectivity index (χ2n) is 4.37. The molecule has 3 rings (SSSR count).